The number of anilines is 1. The summed E-state index contributed by atoms with van der Waals surface area (Å²) in [6.45, 7) is 3.16. The molecule has 0 radical (unpaired) electrons. The Morgan fingerprint density at radius 3 is 3.17 bits per heavy atom. The summed E-state index contributed by atoms with van der Waals surface area (Å²) in [5, 5.41) is 10.2. The van der Waals surface area contributed by atoms with E-state index >= 15 is 0 Å². The monoisotopic (exact) mass is 250 g/mol. The first-order valence-electron chi connectivity index (χ1n) is 6.47. The Hall–Kier alpha value is -1.40. The first kappa shape index (κ1) is 11.7. The van der Waals surface area contributed by atoms with Gasteiger partial charge in [0, 0.05) is 25.9 Å². The zero-order valence-electron chi connectivity index (χ0n) is 10.3. The third kappa shape index (κ3) is 2.54. The highest BCUT2D eigenvalue weighted by Crippen LogP contribution is 2.15. The number of ether oxygens (including phenoxy) is 1. The SMILES string of the molecule is O=C(Nc1cnn(CC2CCCO2)c1)C1CNC1. The summed E-state index contributed by atoms with van der Waals surface area (Å²) in [6.07, 6.45) is 6.05. The molecule has 6 nitrogen and oxygen atoms in total. The van der Waals surface area contributed by atoms with Gasteiger partial charge in [-0.3, -0.25) is 9.48 Å². The molecule has 0 saturated carbocycles. The molecular weight excluding hydrogens is 232 g/mol. The Morgan fingerprint density at radius 1 is 1.61 bits per heavy atom. The number of nitrogens with one attached hydrogen (secondary N) is 2. The van der Waals surface area contributed by atoms with Crippen molar-refractivity contribution in [1.82, 2.24) is 15.1 Å². The fraction of sp³-hybridized carbons (Fsp3) is 0.667. The molecule has 1 aromatic rings. The summed E-state index contributed by atoms with van der Waals surface area (Å²) in [5.41, 5.74) is 0.768. The quantitative estimate of drug-likeness (QED) is 0.802. The van der Waals surface area contributed by atoms with Crippen LogP contribution in [-0.4, -0.2) is 41.5 Å². The van der Waals surface area contributed by atoms with Crippen LogP contribution in [0.3, 0.4) is 0 Å². The van der Waals surface area contributed by atoms with Crippen LogP contribution < -0.4 is 10.6 Å². The second-order valence-electron chi connectivity index (χ2n) is 4.93. The van der Waals surface area contributed by atoms with Crippen LogP contribution >= 0.6 is 0 Å². The summed E-state index contributed by atoms with van der Waals surface area (Å²) in [6, 6.07) is 0. The molecule has 18 heavy (non-hydrogen) atoms. The molecule has 3 heterocycles. The van der Waals surface area contributed by atoms with Gasteiger partial charge in [0.2, 0.25) is 5.91 Å². The molecule has 2 saturated heterocycles. The van der Waals surface area contributed by atoms with Gasteiger partial charge in [-0.05, 0) is 12.8 Å². The smallest absolute Gasteiger partial charge is 0.230 e. The van der Waals surface area contributed by atoms with E-state index in [-0.39, 0.29) is 17.9 Å². The van der Waals surface area contributed by atoms with Gasteiger partial charge in [0.25, 0.3) is 0 Å². The highest BCUT2D eigenvalue weighted by atomic mass is 16.5. The van der Waals surface area contributed by atoms with E-state index < -0.39 is 0 Å². The van der Waals surface area contributed by atoms with Gasteiger partial charge < -0.3 is 15.4 Å². The molecule has 2 aliphatic heterocycles. The van der Waals surface area contributed by atoms with Crippen LogP contribution in [0.25, 0.3) is 0 Å². The van der Waals surface area contributed by atoms with Gasteiger partial charge >= 0.3 is 0 Å². The number of aromatic nitrogens is 2. The molecule has 1 unspecified atom stereocenters. The van der Waals surface area contributed by atoms with Gasteiger partial charge in [0.05, 0.1) is 30.5 Å². The van der Waals surface area contributed by atoms with Gasteiger partial charge in [0.15, 0.2) is 0 Å². The van der Waals surface area contributed by atoms with E-state index in [0.717, 1.165) is 44.8 Å². The minimum absolute atomic E-state index is 0.0745. The standard InChI is InChI=1S/C12H18N4O2/c17-12(9-4-13-5-9)15-10-6-14-16(7-10)8-11-2-1-3-18-11/h6-7,9,11,13H,1-5,8H2,(H,15,17). The van der Waals surface area contributed by atoms with Gasteiger partial charge in [-0.15, -0.1) is 0 Å². The Balaban J connectivity index is 1.53. The molecule has 2 fully saturated rings. The maximum atomic E-state index is 11.7. The molecular formula is C12H18N4O2. The fourth-order valence-corrected chi connectivity index (χ4v) is 2.24. The molecule has 98 valence electrons. The summed E-state index contributed by atoms with van der Waals surface area (Å²) in [7, 11) is 0. The summed E-state index contributed by atoms with van der Waals surface area (Å²) < 4.78 is 7.39. The minimum Gasteiger partial charge on any atom is -0.376 e. The molecule has 0 spiro atoms. The molecule has 3 rings (SSSR count). The predicted octanol–water partition coefficient (Wildman–Crippen LogP) is 0.220. The highest BCUT2D eigenvalue weighted by Gasteiger charge is 2.25. The molecule has 1 amide bonds. The average Bonchev–Trinajstić information content (AvgIpc) is 2.88. The Bertz CT molecular complexity index is 421. The van der Waals surface area contributed by atoms with E-state index in [4.69, 9.17) is 4.74 Å². The molecule has 2 aliphatic rings. The van der Waals surface area contributed by atoms with Crippen LogP contribution in [0.2, 0.25) is 0 Å². The maximum absolute atomic E-state index is 11.7. The van der Waals surface area contributed by atoms with Crippen LogP contribution in [0, 0.1) is 5.92 Å². The highest BCUT2D eigenvalue weighted by molar-refractivity contribution is 5.93. The topological polar surface area (TPSA) is 68.2 Å². The van der Waals surface area contributed by atoms with E-state index in [2.05, 4.69) is 15.7 Å². The molecule has 0 bridgehead atoms. The molecule has 2 N–H and O–H groups in total. The molecule has 0 aliphatic carbocycles. The summed E-state index contributed by atoms with van der Waals surface area (Å²) in [5.74, 6) is 0.178. The molecule has 1 atom stereocenters. The first-order valence-corrected chi connectivity index (χ1v) is 6.47. The second kappa shape index (κ2) is 5.07. The maximum Gasteiger partial charge on any atom is 0.230 e. The number of carbonyl (C=O) groups excluding carboxylic acids is 1. The first-order chi connectivity index (χ1) is 8.81. The number of nitrogens with zero attached hydrogens (tertiary/aromatic N) is 2. The van der Waals surface area contributed by atoms with Crippen molar-refractivity contribution in [3.8, 4) is 0 Å². The van der Waals surface area contributed by atoms with Crippen molar-refractivity contribution >= 4 is 11.6 Å². The lowest BCUT2D eigenvalue weighted by molar-refractivity contribution is -0.121. The average molecular weight is 250 g/mol. The van der Waals surface area contributed by atoms with E-state index in [0.29, 0.717) is 0 Å². The fourth-order valence-electron chi connectivity index (χ4n) is 2.24. The molecule has 1 aromatic heterocycles. The Kier molecular flexibility index (Phi) is 3.29. The lowest BCUT2D eigenvalue weighted by Gasteiger charge is -2.25. The number of hydrogen-bond donors (Lipinski definition) is 2. The minimum atomic E-state index is 0.0745. The van der Waals surface area contributed by atoms with Crippen molar-refractivity contribution in [2.24, 2.45) is 5.92 Å². The molecule has 0 aromatic carbocycles. The third-order valence-corrected chi connectivity index (χ3v) is 3.47. The Labute approximate surface area is 106 Å². The van der Waals surface area contributed by atoms with Crippen LogP contribution in [0.5, 0.6) is 0 Å². The van der Waals surface area contributed by atoms with Gasteiger partial charge in [0.1, 0.15) is 0 Å². The van der Waals surface area contributed by atoms with Crippen molar-refractivity contribution in [1.29, 1.82) is 0 Å². The van der Waals surface area contributed by atoms with Crippen LogP contribution in [0.4, 0.5) is 5.69 Å². The largest absolute Gasteiger partial charge is 0.376 e. The molecule has 6 heteroatoms. The summed E-state index contributed by atoms with van der Waals surface area (Å²) >= 11 is 0. The third-order valence-electron chi connectivity index (χ3n) is 3.47. The van der Waals surface area contributed by atoms with Crippen molar-refractivity contribution < 1.29 is 9.53 Å². The van der Waals surface area contributed by atoms with Crippen molar-refractivity contribution in [3.05, 3.63) is 12.4 Å². The van der Waals surface area contributed by atoms with E-state index in [1.165, 1.54) is 0 Å². The van der Waals surface area contributed by atoms with Gasteiger partial charge in [-0.2, -0.15) is 5.10 Å². The lowest BCUT2D eigenvalue weighted by Crippen LogP contribution is -2.48. The zero-order valence-corrected chi connectivity index (χ0v) is 10.3. The Morgan fingerprint density at radius 2 is 2.50 bits per heavy atom. The number of hydrogen-bond acceptors (Lipinski definition) is 4. The number of amides is 1. The van der Waals surface area contributed by atoms with Gasteiger partial charge in [-0.25, -0.2) is 0 Å². The van der Waals surface area contributed by atoms with Crippen molar-refractivity contribution in [2.75, 3.05) is 25.0 Å². The second-order valence-corrected chi connectivity index (χ2v) is 4.93. The zero-order chi connectivity index (χ0) is 12.4. The van der Waals surface area contributed by atoms with Crippen LogP contribution in [0.15, 0.2) is 12.4 Å². The van der Waals surface area contributed by atoms with E-state index in [9.17, 15) is 4.79 Å². The number of rotatable bonds is 4. The predicted molar refractivity (Wildman–Crippen MR) is 66.2 cm³/mol. The van der Waals surface area contributed by atoms with Crippen LogP contribution in [0.1, 0.15) is 12.8 Å². The van der Waals surface area contributed by atoms with Crippen molar-refractivity contribution in [3.63, 3.8) is 0 Å². The van der Waals surface area contributed by atoms with Gasteiger partial charge in [-0.1, -0.05) is 0 Å². The van der Waals surface area contributed by atoms with E-state index in [1.807, 2.05) is 10.9 Å². The van der Waals surface area contributed by atoms with Crippen LogP contribution in [-0.2, 0) is 16.1 Å². The summed E-state index contributed by atoms with van der Waals surface area (Å²) in [4.78, 5) is 11.7. The van der Waals surface area contributed by atoms with Crippen molar-refractivity contribution in [2.45, 2.75) is 25.5 Å². The normalized spacial score (nSPS) is 23.9. The number of carbonyl (C=O) groups is 1. The lowest BCUT2D eigenvalue weighted by atomic mass is 10.0. The van der Waals surface area contributed by atoms with E-state index in [1.54, 1.807) is 6.20 Å².